The van der Waals surface area contributed by atoms with Gasteiger partial charge in [0.05, 0.1) is 5.60 Å². The van der Waals surface area contributed by atoms with E-state index >= 15 is 0 Å². The number of hydrogen-bond donors (Lipinski definition) is 2. The van der Waals surface area contributed by atoms with Crippen LogP contribution in [0.5, 0.6) is 11.5 Å². The second-order valence-electron chi connectivity index (χ2n) is 5.15. The summed E-state index contributed by atoms with van der Waals surface area (Å²) in [5.74, 6) is 1.60. The Bertz CT molecular complexity index is 429. The Morgan fingerprint density at radius 2 is 1.95 bits per heavy atom. The molecule has 1 aromatic rings. The Morgan fingerprint density at radius 1 is 1.26 bits per heavy atom. The van der Waals surface area contributed by atoms with E-state index in [1.54, 1.807) is 0 Å². The maximum absolute atomic E-state index is 10.3. The summed E-state index contributed by atoms with van der Waals surface area (Å²) in [6, 6.07) is 6.12. The normalized spacial score (nSPS) is 15.6. The highest BCUT2D eigenvalue weighted by Crippen LogP contribution is 2.34. The van der Waals surface area contributed by atoms with Gasteiger partial charge in [0, 0.05) is 12.6 Å². The van der Waals surface area contributed by atoms with Crippen LogP contribution in [0.3, 0.4) is 0 Å². The fourth-order valence-electron chi connectivity index (χ4n) is 2.14. The molecule has 1 heterocycles. The minimum Gasteiger partial charge on any atom is -0.454 e. The van der Waals surface area contributed by atoms with Crippen molar-refractivity contribution in [1.82, 2.24) is 5.32 Å². The molecule has 0 bridgehead atoms. The van der Waals surface area contributed by atoms with Crippen LogP contribution in [-0.4, -0.2) is 24.0 Å². The van der Waals surface area contributed by atoms with Crippen molar-refractivity contribution in [1.29, 1.82) is 0 Å². The van der Waals surface area contributed by atoms with Crippen molar-refractivity contribution < 1.29 is 14.6 Å². The van der Waals surface area contributed by atoms with Crippen molar-refractivity contribution in [3.8, 4) is 11.5 Å². The van der Waals surface area contributed by atoms with Crippen LogP contribution in [0.25, 0.3) is 0 Å². The molecule has 19 heavy (non-hydrogen) atoms. The SMILES string of the molecule is CCC(O)(CC)CNC(C)c1ccc2c(c1)OCO2. The number of rotatable bonds is 6. The molecule has 1 aliphatic heterocycles. The van der Waals surface area contributed by atoms with Gasteiger partial charge < -0.3 is 19.9 Å². The van der Waals surface area contributed by atoms with Gasteiger partial charge in [-0.2, -0.15) is 0 Å². The van der Waals surface area contributed by atoms with Gasteiger partial charge in [-0.3, -0.25) is 0 Å². The molecular formula is C15H23NO3. The summed E-state index contributed by atoms with van der Waals surface area (Å²) in [7, 11) is 0. The summed E-state index contributed by atoms with van der Waals surface area (Å²) in [5.41, 5.74) is 0.517. The zero-order chi connectivity index (χ0) is 13.9. The summed E-state index contributed by atoms with van der Waals surface area (Å²) in [6.45, 7) is 7.00. The molecule has 0 radical (unpaired) electrons. The zero-order valence-electron chi connectivity index (χ0n) is 11.9. The number of benzene rings is 1. The molecule has 0 fully saturated rings. The lowest BCUT2D eigenvalue weighted by atomic mass is 9.96. The largest absolute Gasteiger partial charge is 0.454 e. The molecule has 0 saturated heterocycles. The number of hydrogen-bond acceptors (Lipinski definition) is 4. The van der Waals surface area contributed by atoms with E-state index in [-0.39, 0.29) is 6.04 Å². The second kappa shape index (κ2) is 5.80. The number of nitrogens with one attached hydrogen (secondary N) is 1. The van der Waals surface area contributed by atoms with Crippen LogP contribution in [0.4, 0.5) is 0 Å². The molecule has 1 aromatic carbocycles. The van der Waals surface area contributed by atoms with Crippen LogP contribution < -0.4 is 14.8 Å². The fourth-order valence-corrected chi connectivity index (χ4v) is 2.14. The maximum atomic E-state index is 10.3. The Labute approximate surface area is 114 Å². The standard InChI is InChI=1S/C15H23NO3/c1-4-15(17,5-2)9-16-11(3)12-6-7-13-14(8-12)19-10-18-13/h6-8,11,16-17H,4-5,9-10H2,1-3H3. The second-order valence-corrected chi connectivity index (χ2v) is 5.15. The third kappa shape index (κ3) is 3.19. The van der Waals surface area contributed by atoms with Gasteiger partial charge in [-0.25, -0.2) is 0 Å². The summed E-state index contributed by atoms with van der Waals surface area (Å²) in [5, 5.41) is 13.7. The molecule has 1 unspecified atom stereocenters. The van der Waals surface area contributed by atoms with Gasteiger partial charge in [-0.05, 0) is 37.5 Å². The van der Waals surface area contributed by atoms with Gasteiger partial charge in [-0.15, -0.1) is 0 Å². The van der Waals surface area contributed by atoms with Crippen molar-refractivity contribution in [2.24, 2.45) is 0 Å². The molecule has 1 aliphatic rings. The van der Waals surface area contributed by atoms with E-state index in [2.05, 4.69) is 12.2 Å². The van der Waals surface area contributed by atoms with E-state index in [9.17, 15) is 5.11 Å². The highest BCUT2D eigenvalue weighted by molar-refractivity contribution is 5.45. The van der Waals surface area contributed by atoms with Gasteiger partial charge in [0.25, 0.3) is 0 Å². The fraction of sp³-hybridized carbons (Fsp3) is 0.600. The molecular weight excluding hydrogens is 242 g/mol. The van der Waals surface area contributed by atoms with Crippen LogP contribution in [0.15, 0.2) is 18.2 Å². The number of fused-ring (bicyclic) bond motifs is 1. The summed E-state index contributed by atoms with van der Waals surface area (Å²) in [4.78, 5) is 0. The predicted molar refractivity (Wildman–Crippen MR) is 74.5 cm³/mol. The summed E-state index contributed by atoms with van der Waals surface area (Å²) < 4.78 is 10.7. The summed E-state index contributed by atoms with van der Waals surface area (Å²) in [6.07, 6.45) is 1.51. The number of ether oxygens (including phenoxy) is 2. The average molecular weight is 265 g/mol. The Kier molecular flexibility index (Phi) is 4.32. The molecule has 4 nitrogen and oxygen atoms in total. The van der Waals surface area contributed by atoms with E-state index < -0.39 is 5.60 Å². The summed E-state index contributed by atoms with van der Waals surface area (Å²) >= 11 is 0. The molecule has 0 spiro atoms. The minimum absolute atomic E-state index is 0.166. The lowest BCUT2D eigenvalue weighted by Gasteiger charge is -2.27. The zero-order valence-corrected chi connectivity index (χ0v) is 11.9. The first-order valence-corrected chi connectivity index (χ1v) is 6.93. The van der Waals surface area contributed by atoms with Crippen LogP contribution in [0.2, 0.25) is 0 Å². The molecule has 2 N–H and O–H groups in total. The van der Waals surface area contributed by atoms with Gasteiger partial charge in [0.2, 0.25) is 6.79 Å². The van der Waals surface area contributed by atoms with Gasteiger partial charge in [0.1, 0.15) is 0 Å². The van der Waals surface area contributed by atoms with Gasteiger partial charge in [0.15, 0.2) is 11.5 Å². The molecule has 0 saturated carbocycles. The molecule has 1 atom stereocenters. The predicted octanol–water partition coefficient (Wildman–Crippen LogP) is 2.62. The van der Waals surface area contributed by atoms with Crippen LogP contribution in [0, 0.1) is 0 Å². The van der Waals surface area contributed by atoms with Crippen molar-refractivity contribution >= 4 is 0 Å². The average Bonchev–Trinajstić information content (AvgIpc) is 2.91. The molecule has 2 rings (SSSR count). The molecule has 0 amide bonds. The van der Waals surface area contributed by atoms with Crippen molar-refractivity contribution in [3.05, 3.63) is 23.8 Å². The lowest BCUT2D eigenvalue weighted by molar-refractivity contribution is 0.0303. The van der Waals surface area contributed by atoms with Crippen LogP contribution in [-0.2, 0) is 0 Å². The van der Waals surface area contributed by atoms with E-state index in [4.69, 9.17) is 9.47 Å². The highest BCUT2D eigenvalue weighted by atomic mass is 16.7. The van der Waals surface area contributed by atoms with E-state index in [0.717, 1.165) is 29.9 Å². The monoisotopic (exact) mass is 265 g/mol. The van der Waals surface area contributed by atoms with Crippen molar-refractivity contribution in [2.45, 2.75) is 45.3 Å². The highest BCUT2D eigenvalue weighted by Gasteiger charge is 2.23. The van der Waals surface area contributed by atoms with E-state index in [0.29, 0.717) is 13.3 Å². The van der Waals surface area contributed by atoms with E-state index in [1.807, 2.05) is 32.0 Å². The Morgan fingerprint density at radius 3 is 2.63 bits per heavy atom. The third-order valence-electron chi connectivity index (χ3n) is 3.95. The first-order valence-electron chi connectivity index (χ1n) is 6.93. The van der Waals surface area contributed by atoms with Crippen LogP contribution >= 0.6 is 0 Å². The lowest BCUT2D eigenvalue weighted by Crippen LogP contribution is -2.40. The van der Waals surface area contributed by atoms with E-state index in [1.165, 1.54) is 0 Å². The Hall–Kier alpha value is -1.26. The first kappa shape index (κ1) is 14.2. The molecule has 106 valence electrons. The molecule has 0 aromatic heterocycles. The van der Waals surface area contributed by atoms with Gasteiger partial charge in [-0.1, -0.05) is 19.9 Å². The maximum Gasteiger partial charge on any atom is 0.231 e. The molecule has 4 heteroatoms. The topological polar surface area (TPSA) is 50.7 Å². The quantitative estimate of drug-likeness (QED) is 0.830. The molecule has 0 aliphatic carbocycles. The van der Waals surface area contributed by atoms with Gasteiger partial charge >= 0.3 is 0 Å². The van der Waals surface area contributed by atoms with Crippen LogP contribution in [0.1, 0.15) is 45.2 Å². The van der Waals surface area contributed by atoms with Crippen molar-refractivity contribution in [2.75, 3.05) is 13.3 Å². The minimum atomic E-state index is -0.620. The van der Waals surface area contributed by atoms with Crippen molar-refractivity contribution in [3.63, 3.8) is 0 Å². The smallest absolute Gasteiger partial charge is 0.231 e. The number of aliphatic hydroxyl groups is 1. The third-order valence-corrected chi connectivity index (χ3v) is 3.95. The Balaban J connectivity index is 1.98. The first-order chi connectivity index (χ1) is 9.08.